The minimum absolute atomic E-state index is 0.795. The maximum absolute atomic E-state index is 2.55. The molecule has 0 aromatic carbocycles. The molecule has 0 saturated carbocycles. The van der Waals surface area contributed by atoms with Gasteiger partial charge in [-0.05, 0) is 31.3 Å². The zero-order valence-corrected chi connectivity index (χ0v) is 9.74. The van der Waals surface area contributed by atoms with Gasteiger partial charge < -0.3 is 4.90 Å². The van der Waals surface area contributed by atoms with Gasteiger partial charge in [0.05, 0.1) is 0 Å². The molecule has 2 rings (SSSR count). The third-order valence-corrected chi connectivity index (χ3v) is 3.07. The number of piperidine rings is 1. The summed E-state index contributed by atoms with van der Waals surface area (Å²) in [5, 5.41) is 0. The Morgan fingerprint density at radius 2 is 1.79 bits per heavy atom. The number of nitrogens with zero attached hydrogens (tertiary/aromatic N) is 1. The van der Waals surface area contributed by atoms with Crippen molar-refractivity contribution >= 4 is 0 Å². The first kappa shape index (κ1) is 11.5. The van der Waals surface area contributed by atoms with Gasteiger partial charge in [-0.2, -0.15) is 0 Å². The smallest absolute Gasteiger partial charge is 0.00500 e. The Morgan fingerprint density at radius 1 is 1.14 bits per heavy atom. The van der Waals surface area contributed by atoms with Crippen LogP contribution in [0.15, 0.2) is 24.3 Å². The van der Waals surface area contributed by atoms with Crippen molar-refractivity contribution < 1.29 is 0 Å². The summed E-state index contributed by atoms with van der Waals surface area (Å²) < 4.78 is 0. The van der Waals surface area contributed by atoms with Crippen molar-refractivity contribution in [3.63, 3.8) is 0 Å². The van der Waals surface area contributed by atoms with Gasteiger partial charge in [-0.3, -0.25) is 0 Å². The molecule has 2 atom stereocenters. The van der Waals surface area contributed by atoms with E-state index in [-0.39, 0.29) is 0 Å². The fourth-order valence-electron chi connectivity index (χ4n) is 2.21. The molecule has 1 heteroatoms. The molecule has 0 N–H and O–H groups in total. The van der Waals surface area contributed by atoms with Gasteiger partial charge >= 0.3 is 0 Å². The molecule has 1 aliphatic carbocycles. The summed E-state index contributed by atoms with van der Waals surface area (Å²) >= 11 is 0. The highest BCUT2D eigenvalue weighted by atomic mass is 15.1. The Balaban J connectivity index is 0.000000461. The summed E-state index contributed by atoms with van der Waals surface area (Å²) in [6.45, 7) is 10.0. The van der Waals surface area contributed by atoms with Crippen molar-refractivity contribution in [2.24, 2.45) is 11.8 Å². The predicted octanol–water partition coefficient (Wildman–Crippen LogP) is 3.10. The zero-order valence-electron chi connectivity index (χ0n) is 9.74. The van der Waals surface area contributed by atoms with Gasteiger partial charge in [0.1, 0.15) is 0 Å². The molecule has 0 amide bonds. The van der Waals surface area contributed by atoms with Crippen LogP contribution < -0.4 is 0 Å². The Morgan fingerprint density at radius 3 is 2.43 bits per heavy atom. The highest BCUT2D eigenvalue weighted by molar-refractivity contribution is 5.15. The second-order valence-corrected chi connectivity index (χ2v) is 3.78. The highest BCUT2D eigenvalue weighted by Gasteiger charge is 2.25. The summed E-state index contributed by atoms with van der Waals surface area (Å²) in [5.41, 5.74) is 0. The number of likely N-dealkylation sites (tertiary alicyclic amines) is 1. The van der Waals surface area contributed by atoms with Crippen LogP contribution in [-0.4, -0.2) is 24.5 Å². The summed E-state index contributed by atoms with van der Waals surface area (Å²) in [6.07, 6.45) is 10.5. The molecule has 14 heavy (non-hydrogen) atoms. The first-order chi connectivity index (χ1) is 6.90. The molecular weight excluding hydrogens is 170 g/mol. The molecule has 0 spiro atoms. The van der Waals surface area contributed by atoms with Gasteiger partial charge in [-0.25, -0.2) is 0 Å². The molecular formula is C13H23N. The minimum Gasteiger partial charge on any atom is -0.303 e. The second kappa shape index (κ2) is 6.02. The van der Waals surface area contributed by atoms with E-state index in [4.69, 9.17) is 0 Å². The van der Waals surface area contributed by atoms with Gasteiger partial charge in [-0.15, -0.1) is 0 Å². The van der Waals surface area contributed by atoms with E-state index in [9.17, 15) is 0 Å². The number of hydrogen-bond donors (Lipinski definition) is 0. The predicted molar refractivity (Wildman–Crippen MR) is 63.3 cm³/mol. The van der Waals surface area contributed by atoms with E-state index in [1.165, 1.54) is 26.1 Å². The normalized spacial score (nSPS) is 30.5. The van der Waals surface area contributed by atoms with E-state index in [0.29, 0.717) is 0 Å². The van der Waals surface area contributed by atoms with Crippen molar-refractivity contribution in [1.82, 2.24) is 4.90 Å². The average molecular weight is 193 g/mol. The SMILES string of the molecule is CC.CCN1CCC2C=CC=CC2C1. The lowest BCUT2D eigenvalue weighted by Gasteiger charge is -2.36. The van der Waals surface area contributed by atoms with Crippen molar-refractivity contribution in [2.75, 3.05) is 19.6 Å². The van der Waals surface area contributed by atoms with Gasteiger partial charge in [-0.1, -0.05) is 45.1 Å². The van der Waals surface area contributed by atoms with Crippen LogP contribution >= 0.6 is 0 Å². The molecule has 1 aliphatic heterocycles. The first-order valence-electron chi connectivity index (χ1n) is 5.97. The molecule has 80 valence electrons. The molecule has 1 nitrogen and oxygen atoms in total. The molecule has 0 radical (unpaired) electrons. The Bertz CT molecular complexity index is 205. The van der Waals surface area contributed by atoms with E-state index in [0.717, 1.165) is 11.8 Å². The monoisotopic (exact) mass is 193 g/mol. The molecule has 0 bridgehead atoms. The largest absolute Gasteiger partial charge is 0.303 e. The van der Waals surface area contributed by atoms with E-state index in [1.807, 2.05) is 13.8 Å². The maximum atomic E-state index is 2.55. The number of rotatable bonds is 1. The summed E-state index contributed by atoms with van der Waals surface area (Å²) in [4.78, 5) is 2.55. The van der Waals surface area contributed by atoms with Gasteiger partial charge in [0.25, 0.3) is 0 Å². The fourth-order valence-corrected chi connectivity index (χ4v) is 2.21. The Kier molecular flexibility index (Phi) is 4.95. The van der Waals surface area contributed by atoms with Crippen molar-refractivity contribution in [3.8, 4) is 0 Å². The lowest BCUT2D eigenvalue weighted by molar-refractivity contribution is 0.172. The fraction of sp³-hybridized carbons (Fsp3) is 0.692. The van der Waals surface area contributed by atoms with E-state index >= 15 is 0 Å². The topological polar surface area (TPSA) is 3.24 Å². The third kappa shape index (κ3) is 2.71. The molecule has 1 fully saturated rings. The van der Waals surface area contributed by atoms with Crippen LogP contribution in [0.3, 0.4) is 0 Å². The number of allylic oxidation sites excluding steroid dienone is 3. The third-order valence-electron chi connectivity index (χ3n) is 3.07. The van der Waals surface area contributed by atoms with E-state index in [2.05, 4.69) is 36.1 Å². The molecule has 0 aromatic rings. The molecule has 1 heterocycles. The van der Waals surface area contributed by atoms with Crippen LogP contribution in [0.25, 0.3) is 0 Å². The average Bonchev–Trinajstić information content (AvgIpc) is 2.31. The summed E-state index contributed by atoms with van der Waals surface area (Å²) in [7, 11) is 0. The maximum Gasteiger partial charge on any atom is 0.00500 e. The van der Waals surface area contributed by atoms with Gasteiger partial charge in [0, 0.05) is 6.54 Å². The zero-order chi connectivity index (χ0) is 10.4. The van der Waals surface area contributed by atoms with Gasteiger partial charge in [0.15, 0.2) is 0 Å². The number of fused-ring (bicyclic) bond motifs is 1. The molecule has 1 saturated heterocycles. The van der Waals surface area contributed by atoms with Crippen molar-refractivity contribution in [1.29, 1.82) is 0 Å². The molecule has 2 unspecified atom stereocenters. The Hall–Kier alpha value is -0.560. The Labute approximate surface area is 88.5 Å². The summed E-state index contributed by atoms with van der Waals surface area (Å²) in [5.74, 6) is 1.63. The van der Waals surface area contributed by atoms with Crippen LogP contribution in [0, 0.1) is 11.8 Å². The number of hydrogen-bond acceptors (Lipinski definition) is 1. The lowest BCUT2D eigenvalue weighted by atomic mass is 9.83. The van der Waals surface area contributed by atoms with Crippen molar-refractivity contribution in [2.45, 2.75) is 27.2 Å². The molecule has 2 aliphatic rings. The van der Waals surface area contributed by atoms with Gasteiger partial charge in [0.2, 0.25) is 0 Å². The highest BCUT2D eigenvalue weighted by Crippen LogP contribution is 2.27. The summed E-state index contributed by atoms with van der Waals surface area (Å²) in [6, 6.07) is 0. The molecule has 0 aromatic heterocycles. The second-order valence-electron chi connectivity index (χ2n) is 3.78. The van der Waals surface area contributed by atoms with E-state index in [1.54, 1.807) is 0 Å². The lowest BCUT2D eigenvalue weighted by Crippen LogP contribution is -2.39. The standard InChI is InChI=1S/C11H17N.C2H6/c1-2-12-8-7-10-5-3-4-6-11(10)9-12;1-2/h3-6,10-11H,2,7-9H2,1H3;1-2H3. The van der Waals surface area contributed by atoms with Crippen LogP contribution in [-0.2, 0) is 0 Å². The quantitative estimate of drug-likeness (QED) is 0.618. The van der Waals surface area contributed by atoms with Crippen LogP contribution in [0.5, 0.6) is 0 Å². The van der Waals surface area contributed by atoms with Crippen molar-refractivity contribution in [3.05, 3.63) is 24.3 Å². The van der Waals surface area contributed by atoms with Crippen LogP contribution in [0.2, 0.25) is 0 Å². The minimum atomic E-state index is 0.795. The van der Waals surface area contributed by atoms with Crippen LogP contribution in [0.4, 0.5) is 0 Å². The van der Waals surface area contributed by atoms with Crippen LogP contribution in [0.1, 0.15) is 27.2 Å². The first-order valence-corrected chi connectivity index (χ1v) is 5.97. The van der Waals surface area contributed by atoms with E-state index < -0.39 is 0 Å².